The fraction of sp³-hybridized carbons (Fsp3) is 0.455. The molecule has 6 heteroatoms. The molecule has 0 aromatic carbocycles. The second-order valence-electron chi connectivity index (χ2n) is 3.98. The minimum absolute atomic E-state index is 0.0268. The normalized spacial score (nSPS) is 19.8. The van der Waals surface area contributed by atoms with Crippen LogP contribution in [0.3, 0.4) is 0 Å². The van der Waals surface area contributed by atoms with E-state index in [4.69, 9.17) is 10.2 Å². The summed E-state index contributed by atoms with van der Waals surface area (Å²) in [6, 6.07) is 3.24. The van der Waals surface area contributed by atoms with Gasteiger partial charge in [-0.2, -0.15) is 0 Å². The maximum Gasteiger partial charge on any atom is 0.287 e. The third-order valence-corrected chi connectivity index (χ3v) is 2.69. The second kappa shape index (κ2) is 5.01. The Morgan fingerprint density at radius 3 is 3.00 bits per heavy atom. The van der Waals surface area contributed by atoms with Gasteiger partial charge in [0.05, 0.1) is 6.54 Å². The largest absolute Gasteiger partial charge is 0.455 e. The molecule has 1 aromatic rings. The van der Waals surface area contributed by atoms with Crippen LogP contribution in [-0.4, -0.2) is 24.4 Å². The van der Waals surface area contributed by atoms with E-state index < -0.39 is 0 Å². The van der Waals surface area contributed by atoms with Crippen LogP contribution in [0.1, 0.15) is 29.2 Å². The zero-order valence-electron chi connectivity index (χ0n) is 9.36. The van der Waals surface area contributed by atoms with Crippen molar-refractivity contribution in [1.29, 1.82) is 0 Å². The topological polar surface area (TPSA) is 97.4 Å². The third-order valence-electron chi connectivity index (χ3n) is 2.69. The van der Waals surface area contributed by atoms with Crippen molar-refractivity contribution in [3.05, 3.63) is 23.7 Å². The highest BCUT2D eigenvalue weighted by Gasteiger charge is 2.21. The van der Waals surface area contributed by atoms with Gasteiger partial charge in [-0.25, -0.2) is 0 Å². The van der Waals surface area contributed by atoms with Gasteiger partial charge in [0, 0.05) is 19.0 Å². The van der Waals surface area contributed by atoms with Crippen LogP contribution in [0.15, 0.2) is 16.5 Å². The van der Waals surface area contributed by atoms with Crippen molar-refractivity contribution in [3.63, 3.8) is 0 Å². The average Bonchev–Trinajstić information content (AvgIpc) is 2.81. The lowest BCUT2D eigenvalue weighted by molar-refractivity contribution is -0.122. The van der Waals surface area contributed by atoms with E-state index in [1.807, 2.05) is 0 Å². The summed E-state index contributed by atoms with van der Waals surface area (Å²) < 4.78 is 5.23. The van der Waals surface area contributed by atoms with E-state index in [0.717, 1.165) is 0 Å². The zero-order chi connectivity index (χ0) is 12.3. The fourth-order valence-electron chi connectivity index (χ4n) is 1.72. The van der Waals surface area contributed by atoms with Crippen LogP contribution in [0, 0.1) is 0 Å². The Labute approximate surface area is 98.5 Å². The third kappa shape index (κ3) is 2.85. The maximum absolute atomic E-state index is 11.8. The van der Waals surface area contributed by atoms with Crippen molar-refractivity contribution in [2.24, 2.45) is 5.73 Å². The summed E-state index contributed by atoms with van der Waals surface area (Å²) in [5.41, 5.74) is 5.39. The Bertz CT molecular complexity index is 417. The van der Waals surface area contributed by atoms with Gasteiger partial charge in [-0.1, -0.05) is 0 Å². The van der Waals surface area contributed by atoms with Gasteiger partial charge in [0.2, 0.25) is 5.91 Å². The summed E-state index contributed by atoms with van der Waals surface area (Å²) in [5.74, 6) is 0.583. The molecule has 0 saturated carbocycles. The molecule has 17 heavy (non-hydrogen) atoms. The number of hydrogen-bond acceptors (Lipinski definition) is 4. The van der Waals surface area contributed by atoms with E-state index in [1.165, 1.54) is 0 Å². The number of nitrogens with two attached hydrogens (primary N) is 1. The zero-order valence-corrected chi connectivity index (χ0v) is 9.36. The SMILES string of the molecule is NCc1ccc(C(=O)NC2CCC(=O)NC2)o1. The molecule has 6 nitrogen and oxygen atoms in total. The first kappa shape index (κ1) is 11.7. The number of amides is 2. The van der Waals surface area contributed by atoms with E-state index in [0.29, 0.717) is 25.1 Å². The standard InChI is InChI=1S/C11H15N3O3/c12-5-8-2-3-9(17-8)11(16)14-7-1-4-10(15)13-6-7/h2-3,7H,1,4-6,12H2,(H,13,15)(H,14,16). The molecule has 0 spiro atoms. The number of hydrogen-bond donors (Lipinski definition) is 3. The van der Waals surface area contributed by atoms with Gasteiger partial charge in [-0.3, -0.25) is 9.59 Å². The Morgan fingerprint density at radius 1 is 1.59 bits per heavy atom. The Balaban J connectivity index is 1.90. The van der Waals surface area contributed by atoms with E-state index >= 15 is 0 Å². The van der Waals surface area contributed by atoms with Crippen molar-refractivity contribution < 1.29 is 14.0 Å². The van der Waals surface area contributed by atoms with Crippen molar-refractivity contribution in [2.75, 3.05) is 6.54 Å². The summed E-state index contributed by atoms with van der Waals surface area (Å²) in [6.07, 6.45) is 1.10. The molecule has 2 amide bonds. The molecule has 1 aliphatic heterocycles. The van der Waals surface area contributed by atoms with Gasteiger partial charge < -0.3 is 20.8 Å². The highest BCUT2D eigenvalue weighted by molar-refractivity contribution is 5.91. The molecule has 0 radical (unpaired) electrons. The van der Waals surface area contributed by atoms with Crippen LogP contribution in [0.25, 0.3) is 0 Å². The van der Waals surface area contributed by atoms with E-state index in [1.54, 1.807) is 12.1 Å². The molecule has 1 fully saturated rings. The van der Waals surface area contributed by atoms with E-state index in [-0.39, 0.29) is 30.2 Å². The Hall–Kier alpha value is -1.82. The molecule has 1 saturated heterocycles. The van der Waals surface area contributed by atoms with Crippen LogP contribution in [-0.2, 0) is 11.3 Å². The lowest BCUT2D eigenvalue weighted by Crippen LogP contribution is -2.47. The predicted molar refractivity (Wildman–Crippen MR) is 60.1 cm³/mol. The molecule has 0 bridgehead atoms. The lowest BCUT2D eigenvalue weighted by atomic mass is 10.1. The molecule has 4 N–H and O–H groups in total. The van der Waals surface area contributed by atoms with Gasteiger partial charge in [-0.15, -0.1) is 0 Å². The van der Waals surface area contributed by atoms with Crippen molar-refractivity contribution in [3.8, 4) is 0 Å². The Kier molecular flexibility index (Phi) is 3.43. The Morgan fingerprint density at radius 2 is 2.41 bits per heavy atom. The smallest absolute Gasteiger partial charge is 0.287 e. The fourth-order valence-corrected chi connectivity index (χ4v) is 1.72. The molecule has 1 atom stereocenters. The van der Waals surface area contributed by atoms with Crippen LogP contribution in [0.5, 0.6) is 0 Å². The lowest BCUT2D eigenvalue weighted by Gasteiger charge is -2.22. The molecular weight excluding hydrogens is 222 g/mol. The highest BCUT2D eigenvalue weighted by atomic mass is 16.4. The number of carbonyl (C=O) groups is 2. The minimum atomic E-state index is -0.272. The summed E-state index contributed by atoms with van der Waals surface area (Å²) in [6.45, 7) is 0.738. The molecule has 2 rings (SSSR count). The van der Waals surface area contributed by atoms with Crippen LogP contribution < -0.4 is 16.4 Å². The molecule has 1 unspecified atom stereocenters. The first-order chi connectivity index (χ1) is 8.19. The van der Waals surface area contributed by atoms with Gasteiger partial charge in [0.1, 0.15) is 5.76 Å². The van der Waals surface area contributed by atoms with Crippen molar-refractivity contribution in [1.82, 2.24) is 10.6 Å². The summed E-state index contributed by atoms with van der Waals surface area (Å²) in [7, 11) is 0. The van der Waals surface area contributed by atoms with Crippen LogP contribution in [0.4, 0.5) is 0 Å². The number of piperidine rings is 1. The quantitative estimate of drug-likeness (QED) is 0.675. The predicted octanol–water partition coefficient (Wildman–Crippen LogP) is -0.253. The highest BCUT2D eigenvalue weighted by Crippen LogP contribution is 2.09. The molecule has 92 valence electrons. The van der Waals surface area contributed by atoms with Crippen molar-refractivity contribution >= 4 is 11.8 Å². The number of nitrogens with one attached hydrogen (secondary N) is 2. The monoisotopic (exact) mass is 237 g/mol. The van der Waals surface area contributed by atoms with Gasteiger partial charge in [0.15, 0.2) is 5.76 Å². The molecule has 0 aliphatic carbocycles. The molecule has 2 heterocycles. The first-order valence-corrected chi connectivity index (χ1v) is 5.55. The maximum atomic E-state index is 11.8. The van der Waals surface area contributed by atoms with E-state index in [9.17, 15) is 9.59 Å². The van der Waals surface area contributed by atoms with Gasteiger partial charge >= 0.3 is 0 Å². The van der Waals surface area contributed by atoms with Gasteiger partial charge in [0.25, 0.3) is 5.91 Å². The summed E-state index contributed by atoms with van der Waals surface area (Å²) >= 11 is 0. The average molecular weight is 237 g/mol. The second-order valence-corrected chi connectivity index (χ2v) is 3.98. The molecule has 1 aliphatic rings. The number of rotatable bonds is 3. The minimum Gasteiger partial charge on any atom is -0.455 e. The van der Waals surface area contributed by atoms with Crippen LogP contribution >= 0.6 is 0 Å². The summed E-state index contributed by atoms with van der Waals surface area (Å²) in [4.78, 5) is 22.7. The number of carbonyl (C=O) groups excluding carboxylic acids is 2. The molecular formula is C11H15N3O3. The van der Waals surface area contributed by atoms with E-state index in [2.05, 4.69) is 10.6 Å². The number of furan rings is 1. The molecule has 1 aromatic heterocycles. The van der Waals surface area contributed by atoms with Gasteiger partial charge in [-0.05, 0) is 18.6 Å². The first-order valence-electron chi connectivity index (χ1n) is 5.55. The van der Waals surface area contributed by atoms with Crippen molar-refractivity contribution in [2.45, 2.75) is 25.4 Å². The van der Waals surface area contributed by atoms with Crippen LogP contribution in [0.2, 0.25) is 0 Å². The summed E-state index contributed by atoms with van der Waals surface area (Å²) in [5, 5.41) is 5.51.